The average molecular weight is 839 g/mol. The molecule has 5 aliphatic carbocycles. The molecule has 17 heteroatoms. The summed E-state index contributed by atoms with van der Waals surface area (Å²) in [4.78, 5) is 51.4. The van der Waals surface area contributed by atoms with Crippen molar-refractivity contribution in [2.45, 2.75) is 167 Å². The lowest BCUT2D eigenvalue weighted by molar-refractivity contribution is -0.372. The monoisotopic (exact) mass is 838 g/mol. The Bertz CT molecular complexity index is 1750. The van der Waals surface area contributed by atoms with E-state index in [1.165, 1.54) is 0 Å². The summed E-state index contributed by atoms with van der Waals surface area (Å²) in [6.07, 6.45) is -13.8. The van der Waals surface area contributed by atoms with Crippen LogP contribution in [0.1, 0.15) is 99.3 Å². The summed E-state index contributed by atoms with van der Waals surface area (Å²) >= 11 is 0. The normalized spacial score (nSPS) is 53.5. The molecule has 7 aliphatic rings. The van der Waals surface area contributed by atoms with Gasteiger partial charge in [-0.3, -0.25) is 9.59 Å². The van der Waals surface area contributed by atoms with Gasteiger partial charge in [0.25, 0.3) is 0 Å². The third-order valence-electron chi connectivity index (χ3n) is 17.4. The molecule has 2 saturated heterocycles. The van der Waals surface area contributed by atoms with Crippen LogP contribution in [0.2, 0.25) is 0 Å². The van der Waals surface area contributed by atoms with E-state index in [9.17, 15) is 65.1 Å². The summed E-state index contributed by atoms with van der Waals surface area (Å²) in [7, 11) is 0. The number of carbonyl (C=O) groups excluding carboxylic acids is 1. The highest BCUT2D eigenvalue weighted by Crippen LogP contribution is 2.75. The maximum Gasteiger partial charge on any atom is 0.335 e. The highest BCUT2D eigenvalue weighted by molar-refractivity contribution is 5.95. The van der Waals surface area contributed by atoms with Gasteiger partial charge in [-0.1, -0.05) is 40.2 Å². The van der Waals surface area contributed by atoms with Crippen LogP contribution in [-0.2, 0) is 38.1 Å². The summed E-state index contributed by atoms with van der Waals surface area (Å²) in [5.74, 6) is -5.02. The zero-order valence-corrected chi connectivity index (χ0v) is 34.5. The van der Waals surface area contributed by atoms with Gasteiger partial charge in [-0.15, -0.1) is 0 Å². The molecule has 2 aliphatic heterocycles. The first kappa shape index (κ1) is 44.5. The molecular weight excluding hydrogens is 776 g/mol. The lowest BCUT2D eigenvalue weighted by Gasteiger charge is -2.70. The first-order valence-electron chi connectivity index (χ1n) is 20.9. The number of aliphatic carboxylic acids is 3. The second-order valence-electron chi connectivity index (χ2n) is 20.5. The van der Waals surface area contributed by atoms with Gasteiger partial charge in [-0.25, -0.2) is 9.59 Å². The van der Waals surface area contributed by atoms with Crippen LogP contribution < -0.4 is 0 Å². The van der Waals surface area contributed by atoms with E-state index in [-0.39, 0.29) is 29.5 Å². The molecule has 0 aromatic carbocycles. The second kappa shape index (κ2) is 14.8. The molecule has 0 amide bonds. The van der Waals surface area contributed by atoms with Gasteiger partial charge in [0, 0.05) is 11.3 Å². The Hall–Kier alpha value is -2.58. The van der Waals surface area contributed by atoms with Crippen LogP contribution >= 0.6 is 0 Å². The molecule has 332 valence electrons. The molecule has 0 aromatic heterocycles. The summed E-state index contributed by atoms with van der Waals surface area (Å²) in [5.41, 5.74) is -2.63. The largest absolute Gasteiger partial charge is 0.481 e. The van der Waals surface area contributed by atoms with E-state index in [2.05, 4.69) is 27.7 Å². The molecule has 7 rings (SSSR count). The van der Waals surface area contributed by atoms with Crippen LogP contribution in [0.25, 0.3) is 0 Å². The minimum absolute atomic E-state index is 0.0119. The van der Waals surface area contributed by atoms with Crippen LogP contribution in [0.4, 0.5) is 0 Å². The van der Waals surface area contributed by atoms with Crippen molar-refractivity contribution in [2.75, 3.05) is 6.61 Å². The van der Waals surface area contributed by atoms with Crippen LogP contribution in [-0.4, -0.2) is 144 Å². The fourth-order valence-electron chi connectivity index (χ4n) is 13.4. The quantitative estimate of drug-likeness (QED) is 0.155. The van der Waals surface area contributed by atoms with Gasteiger partial charge < -0.3 is 64.9 Å². The number of ketones is 1. The summed E-state index contributed by atoms with van der Waals surface area (Å²) < 4.78 is 23.2. The Balaban J connectivity index is 1.19. The van der Waals surface area contributed by atoms with E-state index < -0.39 is 125 Å². The van der Waals surface area contributed by atoms with Crippen LogP contribution in [0.3, 0.4) is 0 Å². The zero-order valence-electron chi connectivity index (χ0n) is 34.5. The molecule has 0 spiro atoms. The topological polar surface area (TPSA) is 287 Å². The molecule has 0 bridgehead atoms. The number of allylic oxidation sites excluding steroid dienone is 2. The molecule has 6 fully saturated rings. The lowest BCUT2D eigenvalue weighted by atomic mass is 9.33. The van der Waals surface area contributed by atoms with Crippen molar-refractivity contribution in [3.8, 4) is 0 Å². The smallest absolute Gasteiger partial charge is 0.335 e. The Labute approximate surface area is 342 Å². The van der Waals surface area contributed by atoms with E-state index in [1.54, 1.807) is 0 Å². The molecule has 2 heterocycles. The summed E-state index contributed by atoms with van der Waals surface area (Å²) in [5, 5.41) is 94.3. The predicted octanol–water partition coefficient (Wildman–Crippen LogP) is 1.22. The van der Waals surface area contributed by atoms with E-state index in [4.69, 9.17) is 18.9 Å². The minimum atomic E-state index is -2.10. The first-order chi connectivity index (χ1) is 27.3. The molecule has 20 atom stereocenters. The standard InChI is InChI=1S/C42H62O17/c1-37-11-12-38(2,36(54)55)16-19(37)18-15-20(44)31-39(3)9-8-22(40(4,17-43)21(39)7-10-42(31,6)41(18,5)14-13-37)56-35-30(26(48)25(47)29(58-35)33(52)53)59-34-27(49)23(45)24(46)28(57-34)32(50)51/h15,19,21-31,34-35,43,45-49H,7-14,16-17H2,1-6H3,(H,50,51)(H,52,53)(H,54,55)/t19-,21-,22-,23-,24-,25+,26-,27+,28-,29+,30-,31-,34-,35+,37-,38-,39+,40-,41+,42+/m1/s1. The Morgan fingerprint density at radius 1 is 0.729 bits per heavy atom. The number of fused-ring (bicyclic) bond motifs is 7. The summed E-state index contributed by atoms with van der Waals surface area (Å²) in [6, 6.07) is 0. The van der Waals surface area contributed by atoms with E-state index in [1.807, 2.05) is 19.9 Å². The van der Waals surface area contributed by atoms with Gasteiger partial charge in [0.15, 0.2) is 30.6 Å². The highest BCUT2D eigenvalue weighted by atomic mass is 16.8. The van der Waals surface area contributed by atoms with E-state index >= 15 is 0 Å². The number of aliphatic hydroxyl groups excluding tert-OH is 6. The number of carbonyl (C=O) groups is 4. The fourth-order valence-corrected chi connectivity index (χ4v) is 13.4. The van der Waals surface area contributed by atoms with Crippen molar-refractivity contribution in [1.82, 2.24) is 0 Å². The van der Waals surface area contributed by atoms with Gasteiger partial charge in [-0.05, 0) is 104 Å². The number of carboxylic acids is 3. The van der Waals surface area contributed by atoms with Crippen molar-refractivity contribution in [3.63, 3.8) is 0 Å². The van der Waals surface area contributed by atoms with E-state index in [0.717, 1.165) is 24.8 Å². The van der Waals surface area contributed by atoms with Crippen LogP contribution in [0, 0.1) is 50.2 Å². The highest BCUT2D eigenvalue weighted by Gasteiger charge is 2.71. The first-order valence-corrected chi connectivity index (χ1v) is 20.9. The van der Waals surface area contributed by atoms with Crippen molar-refractivity contribution in [3.05, 3.63) is 11.6 Å². The Morgan fingerprint density at radius 2 is 1.32 bits per heavy atom. The average Bonchev–Trinajstić information content (AvgIpc) is 3.16. The van der Waals surface area contributed by atoms with Gasteiger partial charge in [0.1, 0.15) is 36.6 Å². The van der Waals surface area contributed by atoms with Crippen LogP contribution in [0.15, 0.2) is 11.6 Å². The molecule has 59 heavy (non-hydrogen) atoms. The SMILES string of the molecule is C[C@@]1(C(=O)O)CC[C@]2(C)CC[C@@]3(C)C(=CC(=O)[C@@H]4[C@@]5(C)CC[C@@H](O[C@H]6O[C@H](C(=O)O)[C@@H](O)[C@@H](O)[C@H]6O[C@H]6O[C@@H](C(=O)O)[C@H](O)[C@@H](O)[C@@H]6O)[C@](C)(CO)[C@@H]5CC[C@@]43C)[C@H]2C1. The van der Waals surface area contributed by atoms with Crippen molar-refractivity contribution >= 4 is 23.7 Å². The fraction of sp³-hybridized carbons (Fsp3) is 0.857. The maximum absolute atomic E-state index is 14.9. The van der Waals surface area contributed by atoms with Crippen molar-refractivity contribution < 1.29 is 84.1 Å². The van der Waals surface area contributed by atoms with Gasteiger partial charge in [0.2, 0.25) is 0 Å². The molecule has 9 N–H and O–H groups in total. The van der Waals surface area contributed by atoms with Gasteiger partial charge in [0.05, 0.1) is 18.1 Å². The lowest BCUT2D eigenvalue weighted by Crippen LogP contribution is -2.69. The number of rotatable bonds is 8. The van der Waals surface area contributed by atoms with E-state index in [0.29, 0.717) is 32.1 Å². The zero-order chi connectivity index (χ0) is 43.6. The molecule has 0 aromatic rings. The third-order valence-corrected chi connectivity index (χ3v) is 17.4. The van der Waals surface area contributed by atoms with Crippen molar-refractivity contribution in [2.24, 2.45) is 50.2 Å². The van der Waals surface area contributed by atoms with Crippen molar-refractivity contribution in [1.29, 1.82) is 0 Å². The molecular formula is C42H62O17. The molecule has 0 radical (unpaired) electrons. The van der Waals surface area contributed by atoms with Gasteiger partial charge >= 0.3 is 17.9 Å². The number of hydrogen-bond donors (Lipinski definition) is 9. The molecule has 17 nitrogen and oxygen atoms in total. The Morgan fingerprint density at radius 3 is 1.92 bits per heavy atom. The number of hydrogen-bond acceptors (Lipinski definition) is 14. The summed E-state index contributed by atoms with van der Waals surface area (Å²) in [6.45, 7) is 12.0. The molecule has 4 saturated carbocycles. The van der Waals surface area contributed by atoms with Gasteiger partial charge in [-0.2, -0.15) is 0 Å². The second-order valence-corrected chi connectivity index (χ2v) is 20.5. The molecule has 0 unspecified atom stereocenters. The Kier molecular flexibility index (Phi) is 11.1. The number of carboxylic acid groups (broad SMARTS) is 3. The predicted molar refractivity (Wildman–Crippen MR) is 201 cm³/mol. The number of ether oxygens (including phenoxy) is 4. The minimum Gasteiger partial charge on any atom is -0.481 e. The third kappa shape index (κ3) is 6.46. The number of aliphatic hydroxyl groups is 6. The maximum atomic E-state index is 14.9. The van der Waals surface area contributed by atoms with Crippen LogP contribution in [0.5, 0.6) is 0 Å².